The first kappa shape index (κ1) is 21.7. The van der Waals surface area contributed by atoms with E-state index in [-0.39, 0.29) is 17.1 Å². The van der Waals surface area contributed by atoms with E-state index in [1.165, 1.54) is 0 Å². The SMILES string of the molecule is CC(C)CCOc1cccc(C(=O)NC(=S)Nc2ccccc2OC(C)C)c1. The fraction of sp³-hybridized carbons (Fsp3) is 0.364. The maximum absolute atomic E-state index is 12.5. The molecule has 2 aromatic carbocycles. The summed E-state index contributed by atoms with van der Waals surface area (Å²) in [5.74, 6) is 1.61. The van der Waals surface area contributed by atoms with Crippen molar-refractivity contribution in [3.05, 3.63) is 54.1 Å². The lowest BCUT2D eigenvalue weighted by Crippen LogP contribution is -2.34. The molecule has 0 fully saturated rings. The summed E-state index contributed by atoms with van der Waals surface area (Å²) in [4.78, 5) is 12.5. The average molecular weight is 401 g/mol. The van der Waals surface area contributed by atoms with Crippen LogP contribution in [0.15, 0.2) is 48.5 Å². The van der Waals surface area contributed by atoms with E-state index in [0.717, 1.165) is 6.42 Å². The maximum atomic E-state index is 12.5. The molecule has 0 radical (unpaired) electrons. The van der Waals surface area contributed by atoms with Crippen molar-refractivity contribution in [2.45, 2.75) is 40.2 Å². The van der Waals surface area contributed by atoms with E-state index < -0.39 is 0 Å². The van der Waals surface area contributed by atoms with Crippen LogP contribution in [0.1, 0.15) is 44.5 Å². The van der Waals surface area contributed by atoms with Crippen molar-refractivity contribution in [3.63, 3.8) is 0 Å². The monoisotopic (exact) mass is 400 g/mol. The number of para-hydroxylation sites is 2. The van der Waals surface area contributed by atoms with Gasteiger partial charge in [-0.3, -0.25) is 10.1 Å². The molecule has 0 aliphatic carbocycles. The number of thiocarbonyl (C=S) groups is 1. The molecule has 0 aliphatic heterocycles. The number of rotatable bonds is 8. The molecule has 5 nitrogen and oxygen atoms in total. The van der Waals surface area contributed by atoms with Crippen molar-refractivity contribution in [1.29, 1.82) is 0 Å². The van der Waals surface area contributed by atoms with Crippen molar-refractivity contribution in [2.24, 2.45) is 5.92 Å². The molecule has 0 saturated carbocycles. The third kappa shape index (κ3) is 7.19. The molecule has 0 aliphatic rings. The molecular formula is C22H28N2O3S. The summed E-state index contributed by atoms with van der Waals surface area (Å²) in [6, 6.07) is 14.5. The van der Waals surface area contributed by atoms with E-state index in [2.05, 4.69) is 24.5 Å². The van der Waals surface area contributed by atoms with E-state index in [4.69, 9.17) is 21.7 Å². The van der Waals surface area contributed by atoms with Gasteiger partial charge < -0.3 is 14.8 Å². The summed E-state index contributed by atoms with van der Waals surface area (Å²) < 4.78 is 11.5. The lowest BCUT2D eigenvalue weighted by Gasteiger charge is -2.16. The third-order valence-electron chi connectivity index (χ3n) is 3.79. The molecule has 0 aromatic heterocycles. The van der Waals surface area contributed by atoms with Crippen molar-refractivity contribution in [1.82, 2.24) is 5.32 Å². The van der Waals surface area contributed by atoms with Gasteiger partial charge in [0.1, 0.15) is 11.5 Å². The van der Waals surface area contributed by atoms with Crippen molar-refractivity contribution in [3.8, 4) is 11.5 Å². The van der Waals surface area contributed by atoms with Crippen LogP contribution in [-0.2, 0) is 0 Å². The summed E-state index contributed by atoms with van der Waals surface area (Å²) in [6.07, 6.45) is 0.993. The van der Waals surface area contributed by atoms with Gasteiger partial charge in [-0.2, -0.15) is 0 Å². The number of nitrogens with one attached hydrogen (secondary N) is 2. The van der Waals surface area contributed by atoms with Gasteiger partial charge in [-0.1, -0.05) is 32.0 Å². The van der Waals surface area contributed by atoms with Gasteiger partial charge in [0.15, 0.2) is 5.11 Å². The number of carbonyl (C=O) groups excluding carboxylic acids is 1. The number of hydrogen-bond donors (Lipinski definition) is 2. The van der Waals surface area contributed by atoms with E-state index in [9.17, 15) is 4.79 Å². The predicted octanol–water partition coefficient (Wildman–Crippen LogP) is 5.03. The van der Waals surface area contributed by atoms with Crippen LogP contribution < -0.4 is 20.1 Å². The third-order valence-corrected chi connectivity index (χ3v) is 3.99. The molecule has 0 unspecified atom stereocenters. The van der Waals surface area contributed by atoms with E-state index in [1.807, 2.05) is 44.2 Å². The highest BCUT2D eigenvalue weighted by molar-refractivity contribution is 7.80. The Hall–Kier alpha value is -2.60. The van der Waals surface area contributed by atoms with E-state index in [0.29, 0.717) is 35.3 Å². The number of hydrogen-bond acceptors (Lipinski definition) is 4. The van der Waals surface area contributed by atoms with Crippen molar-refractivity contribution >= 4 is 28.9 Å². The summed E-state index contributed by atoms with van der Waals surface area (Å²) in [7, 11) is 0. The Morgan fingerprint density at radius 3 is 2.54 bits per heavy atom. The minimum Gasteiger partial charge on any atom is -0.494 e. The molecule has 0 saturated heterocycles. The quantitative estimate of drug-likeness (QED) is 0.609. The first-order valence-corrected chi connectivity index (χ1v) is 9.87. The Labute approximate surface area is 172 Å². The van der Waals surface area contributed by atoms with Crippen LogP contribution >= 0.6 is 12.2 Å². The molecule has 0 bridgehead atoms. The summed E-state index contributed by atoms with van der Waals surface area (Å²) in [5.41, 5.74) is 1.19. The molecular weight excluding hydrogens is 372 g/mol. The van der Waals surface area contributed by atoms with Gasteiger partial charge in [-0.25, -0.2) is 0 Å². The number of ether oxygens (including phenoxy) is 2. The lowest BCUT2D eigenvalue weighted by molar-refractivity contribution is 0.0977. The van der Waals surface area contributed by atoms with Crippen LogP contribution in [0.25, 0.3) is 0 Å². The zero-order valence-corrected chi connectivity index (χ0v) is 17.6. The summed E-state index contributed by atoms with van der Waals surface area (Å²) in [5, 5.41) is 5.92. The van der Waals surface area contributed by atoms with Crippen LogP contribution in [0.3, 0.4) is 0 Å². The Morgan fingerprint density at radius 2 is 1.82 bits per heavy atom. The molecule has 2 rings (SSSR count). The Kier molecular flexibility index (Phi) is 8.26. The maximum Gasteiger partial charge on any atom is 0.257 e. The standard InChI is InChI=1S/C22H28N2O3S/c1-15(2)12-13-26-18-9-7-8-17(14-18)21(25)24-22(28)23-19-10-5-6-11-20(19)27-16(3)4/h5-11,14-16H,12-13H2,1-4H3,(H2,23,24,25,28). The first-order valence-electron chi connectivity index (χ1n) is 9.46. The summed E-state index contributed by atoms with van der Waals surface area (Å²) in [6.45, 7) is 8.81. The molecule has 6 heteroatoms. The van der Waals surface area contributed by atoms with Crippen molar-refractivity contribution in [2.75, 3.05) is 11.9 Å². The molecule has 2 aromatic rings. The Morgan fingerprint density at radius 1 is 1.07 bits per heavy atom. The largest absolute Gasteiger partial charge is 0.494 e. The molecule has 28 heavy (non-hydrogen) atoms. The number of carbonyl (C=O) groups is 1. The van der Waals surface area contributed by atoms with Crippen molar-refractivity contribution < 1.29 is 14.3 Å². The smallest absolute Gasteiger partial charge is 0.257 e. The molecule has 0 spiro atoms. The highest BCUT2D eigenvalue weighted by atomic mass is 32.1. The number of benzene rings is 2. The molecule has 0 heterocycles. The second kappa shape index (κ2) is 10.7. The van der Waals surface area contributed by atoms with Gasteiger partial charge in [0.05, 0.1) is 18.4 Å². The van der Waals surface area contributed by atoms with Gasteiger partial charge >= 0.3 is 0 Å². The number of amides is 1. The predicted molar refractivity (Wildman–Crippen MR) is 117 cm³/mol. The highest BCUT2D eigenvalue weighted by Gasteiger charge is 2.11. The normalized spacial score (nSPS) is 10.6. The van der Waals surface area contributed by atoms with Crippen LogP contribution in [0.5, 0.6) is 11.5 Å². The van der Waals surface area contributed by atoms with Gasteiger partial charge in [-0.05, 0) is 68.7 Å². The summed E-state index contributed by atoms with van der Waals surface area (Å²) >= 11 is 5.29. The number of anilines is 1. The van der Waals surface area contributed by atoms with Crippen LogP contribution in [0.2, 0.25) is 0 Å². The highest BCUT2D eigenvalue weighted by Crippen LogP contribution is 2.24. The second-order valence-corrected chi connectivity index (χ2v) is 7.54. The molecule has 1 amide bonds. The van der Waals surface area contributed by atoms with Gasteiger partial charge in [-0.15, -0.1) is 0 Å². The van der Waals surface area contributed by atoms with Gasteiger partial charge in [0.25, 0.3) is 5.91 Å². The Balaban J connectivity index is 1.97. The van der Waals surface area contributed by atoms with E-state index >= 15 is 0 Å². The van der Waals surface area contributed by atoms with Gasteiger partial charge in [0, 0.05) is 5.56 Å². The van der Waals surface area contributed by atoms with E-state index in [1.54, 1.807) is 18.2 Å². The molecule has 0 atom stereocenters. The van der Waals surface area contributed by atoms with Crippen LogP contribution in [-0.4, -0.2) is 23.7 Å². The zero-order chi connectivity index (χ0) is 20.5. The van der Waals surface area contributed by atoms with Gasteiger partial charge in [0.2, 0.25) is 0 Å². The average Bonchev–Trinajstić information content (AvgIpc) is 2.63. The topological polar surface area (TPSA) is 59.6 Å². The molecule has 2 N–H and O–H groups in total. The Bertz CT molecular complexity index is 806. The fourth-order valence-electron chi connectivity index (χ4n) is 2.40. The van der Waals surface area contributed by atoms with Crippen LogP contribution in [0, 0.1) is 5.92 Å². The molecule has 150 valence electrons. The first-order chi connectivity index (χ1) is 13.3. The minimum absolute atomic E-state index is 0.0320. The van der Waals surface area contributed by atoms with Crippen LogP contribution in [0.4, 0.5) is 5.69 Å². The minimum atomic E-state index is -0.297. The second-order valence-electron chi connectivity index (χ2n) is 7.13. The zero-order valence-electron chi connectivity index (χ0n) is 16.8. The fourth-order valence-corrected chi connectivity index (χ4v) is 2.60. The lowest BCUT2D eigenvalue weighted by atomic mass is 10.1.